The summed E-state index contributed by atoms with van der Waals surface area (Å²) in [5, 5.41) is 2.98. The molecule has 0 aliphatic rings. The first-order valence-corrected chi connectivity index (χ1v) is 10.8. The minimum absolute atomic E-state index is 0.0914. The lowest BCUT2D eigenvalue weighted by Gasteiger charge is -2.21. The van der Waals surface area contributed by atoms with E-state index >= 15 is 0 Å². The largest absolute Gasteiger partial charge is 0.513 e. The number of hydrogen-bond acceptors (Lipinski definition) is 3. The van der Waals surface area contributed by atoms with Crippen molar-refractivity contribution in [1.82, 2.24) is 5.09 Å². The van der Waals surface area contributed by atoms with Crippen LogP contribution in [-0.4, -0.2) is 0 Å². The standard InChI is InChI=1S/C23H26NO3P/c1-23(2,3)20-16-14-19(15-17-20)18-24-28(25,26-21-10-6-4-7-11-21)27-22-12-8-5-9-13-22/h4-17H,18H2,1-3H3,(H,24,25). The van der Waals surface area contributed by atoms with Crippen LogP contribution in [0.25, 0.3) is 0 Å². The van der Waals surface area contributed by atoms with Gasteiger partial charge in [-0.2, -0.15) is 5.09 Å². The smallest absolute Gasteiger partial charge is 0.405 e. The van der Waals surface area contributed by atoms with E-state index in [2.05, 4.69) is 38.0 Å². The second-order valence-corrected chi connectivity index (χ2v) is 9.26. The van der Waals surface area contributed by atoms with Crippen molar-refractivity contribution < 1.29 is 13.6 Å². The van der Waals surface area contributed by atoms with Gasteiger partial charge >= 0.3 is 7.75 Å². The molecule has 146 valence electrons. The SMILES string of the molecule is CC(C)(C)c1ccc(CNP(=O)(Oc2ccccc2)Oc2ccccc2)cc1. The molecule has 0 heterocycles. The van der Waals surface area contributed by atoms with Gasteiger partial charge in [0.25, 0.3) is 0 Å². The summed E-state index contributed by atoms with van der Waals surface area (Å²) in [6.07, 6.45) is 0. The predicted octanol–water partition coefficient (Wildman–Crippen LogP) is 6.34. The van der Waals surface area contributed by atoms with Crippen LogP contribution >= 0.6 is 7.75 Å². The van der Waals surface area contributed by atoms with Crippen LogP contribution in [0, 0.1) is 0 Å². The average molecular weight is 395 g/mol. The molecule has 0 fully saturated rings. The van der Waals surface area contributed by atoms with Crippen LogP contribution < -0.4 is 14.1 Å². The maximum absolute atomic E-state index is 13.4. The molecule has 0 bridgehead atoms. The van der Waals surface area contributed by atoms with Gasteiger partial charge in [0, 0.05) is 6.54 Å². The highest BCUT2D eigenvalue weighted by Crippen LogP contribution is 2.45. The van der Waals surface area contributed by atoms with E-state index in [0.29, 0.717) is 18.0 Å². The van der Waals surface area contributed by atoms with Gasteiger partial charge in [-0.05, 0) is 40.8 Å². The Morgan fingerprint density at radius 2 is 1.21 bits per heavy atom. The highest BCUT2D eigenvalue weighted by Gasteiger charge is 2.28. The van der Waals surface area contributed by atoms with Gasteiger partial charge in [0.2, 0.25) is 0 Å². The third-order valence-electron chi connectivity index (χ3n) is 4.23. The number of para-hydroxylation sites is 2. The number of hydrogen-bond donors (Lipinski definition) is 1. The van der Waals surface area contributed by atoms with Gasteiger partial charge in [0.15, 0.2) is 0 Å². The monoisotopic (exact) mass is 395 g/mol. The van der Waals surface area contributed by atoms with Crippen molar-refractivity contribution in [3.05, 3.63) is 96.1 Å². The van der Waals surface area contributed by atoms with E-state index in [4.69, 9.17) is 9.05 Å². The molecule has 0 amide bonds. The molecule has 0 aliphatic carbocycles. The maximum Gasteiger partial charge on any atom is 0.513 e. The zero-order valence-electron chi connectivity index (χ0n) is 16.5. The summed E-state index contributed by atoms with van der Waals surface area (Å²) in [6.45, 7) is 6.89. The molecule has 0 saturated heterocycles. The van der Waals surface area contributed by atoms with Crippen LogP contribution in [0.4, 0.5) is 0 Å². The Bertz CT molecular complexity index is 874. The molecule has 4 nitrogen and oxygen atoms in total. The molecular weight excluding hydrogens is 369 g/mol. The molecule has 28 heavy (non-hydrogen) atoms. The Kier molecular flexibility index (Phi) is 6.23. The van der Waals surface area contributed by atoms with Crippen molar-refractivity contribution >= 4 is 7.75 Å². The minimum Gasteiger partial charge on any atom is -0.405 e. The molecule has 5 heteroatoms. The van der Waals surface area contributed by atoms with Crippen molar-refractivity contribution in [3.8, 4) is 11.5 Å². The van der Waals surface area contributed by atoms with E-state index in [1.54, 1.807) is 24.3 Å². The molecule has 0 radical (unpaired) electrons. The fourth-order valence-corrected chi connectivity index (χ4v) is 3.98. The maximum atomic E-state index is 13.4. The molecule has 0 spiro atoms. The van der Waals surface area contributed by atoms with Crippen LogP contribution in [0.5, 0.6) is 11.5 Å². The highest BCUT2D eigenvalue weighted by molar-refractivity contribution is 7.52. The normalized spacial score (nSPS) is 11.8. The predicted molar refractivity (Wildman–Crippen MR) is 114 cm³/mol. The summed E-state index contributed by atoms with van der Waals surface area (Å²) in [4.78, 5) is 0. The van der Waals surface area contributed by atoms with Crippen LogP contribution in [0.2, 0.25) is 0 Å². The van der Waals surface area contributed by atoms with Gasteiger partial charge in [-0.25, -0.2) is 4.57 Å². The van der Waals surface area contributed by atoms with E-state index in [9.17, 15) is 4.57 Å². The summed E-state index contributed by atoms with van der Waals surface area (Å²) in [7, 11) is -3.62. The Labute approximate surface area is 167 Å². The molecule has 1 N–H and O–H groups in total. The van der Waals surface area contributed by atoms with E-state index in [1.165, 1.54) is 5.56 Å². The van der Waals surface area contributed by atoms with Gasteiger partial charge in [0.1, 0.15) is 11.5 Å². The fraction of sp³-hybridized carbons (Fsp3) is 0.217. The number of rotatable bonds is 7. The van der Waals surface area contributed by atoms with E-state index in [-0.39, 0.29) is 5.41 Å². The van der Waals surface area contributed by atoms with Gasteiger partial charge in [-0.1, -0.05) is 81.4 Å². The summed E-state index contributed by atoms with van der Waals surface area (Å²) in [5.41, 5.74) is 2.34. The molecule has 0 aliphatic heterocycles. The summed E-state index contributed by atoms with van der Waals surface area (Å²) >= 11 is 0. The first kappa shape index (κ1) is 20.2. The first-order valence-electron chi connectivity index (χ1n) is 9.28. The second kappa shape index (κ2) is 8.64. The molecular formula is C23H26NO3P. The highest BCUT2D eigenvalue weighted by atomic mass is 31.2. The summed E-state index contributed by atoms with van der Waals surface area (Å²) in [6, 6.07) is 26.3. The van der Waals surface area contributed by atoms with Crippen LogP contribution in [0.1, 0.15) is 31.9 Å². The number of benzene rings is 3. The molecule has 0 unspecified atom stereocenters. The van der Waals surface area contributed by atoms with Crippen LogP contribution in [0.15, 0.2) is 84.9 Å². The van der Waals surface area contributed by atoms with E-state index in [1.807, 2.05) is 48.5 Å². The molecule has 3 aromatic carbocycles. The molecule has 0 aromatic heterocycles. The third kappa shape index (κ3) is 5.72. The Hall–Kier alpha value is -2.55. The Morgan fingerprint density at radius 3 is 1.64 bits per heavy atom. The van der Waals surface area contributed by atoms with Crippen molar-refractivity contribution in [2.75, 3.05) is 0 Å². The quantitative estimate of drug-likeness (QED) is 0.474. The summed E-state index contributed by atoms with van der Waals surface area (Å²) in [5.74, 6) is 0.967. The zero-order valence-corrected chi connectivity index (χ0v) is 17.4. The third-order valence-corrected chi connectivity index (χ3v) is 5.68. The topological polar surface area (TPSA) is 47.6 Å². The number of nitrogens with one attached hydrogen (secondary N) is 1. The van der Waals surface area contributed by atoms with Crippen molar-refractivity contribution in [2.45, 2.75) is 32.7 Å². The summed E-state index contributed by atoms with van der Waals surface area (Å²) < 4.78 is 24.9. The lowest BCUT2D eigenvalue weighted by molar-refractivity contribution is 0.370. The fourth-order valence-electron chi connectivity index (χ4n) is 2.63. The molecule has 3 aromatic rings. The first-order chi connectivity index (χ1) is 13.3. The van der Waals surface area contributed by atoms with Crippen LogP contribution in [0.3, 0.4) is 0 Å². The second-order valence-electron chi connectivity index (χ2n) is 7.59. The lowest BCUT2D eigenvalue weighted by atomic mass is 9.87. The average Bonchev–Trinajstić information content (AvgIpc) is 2.68. The van der Waals surface area contributed by atoms with Gasteiger partial charge in [0.05, 0.1) is 0 Å². The van der Waals surface area contributed by atoms with Gasteiger partial charge < -0.3 is 9.05 Å². The van der Waals surface area contributed by atoms with E-state index in [0.717, 1.165) is 5.56 Å². The van der Waals surface area contributed by atoms with Gasteiger partial charge in [-0.3, -0.25) is 0 Å². The Morgan fingerprint density at radius 1 is 0.750 bits per heavy atom. The zero-order chi connectivity index (χ0) is 20.0. The Balaban J connectivity index is 1.76. The van der Waals surface area contributed by atoms with E-state index < -0.39 is 7.75 Å². The molecule has 0 atom stereocenters. The van der Waals surface area contributed by atoms with Crippen molar-refractivity contribution in [2.24, 2.45) is 0 Å². The minimum atomic E-state index is -3.62. The van der Waals surface area contributed by atoms with Crippen LogP contribution in [-0.2, 0) is 16.5 Å². The van der Waals surface area contributed by atoms with Crippen molar-refractivity contribution in [1.29, 1.82) is 0 Å². The lowest BCUT2D eigenvalue weighted by Crippen LogP contribution is -2.18. The molecule has 0 saturated carbocycles. The van der Waals surface area contributed by atoms with Gasteiger partial charge in [-0.15, -0.1) is 0 Å². The van der Waals surface area contributed by atoms with Crippen molar-refractivity contribution in [3.63, 3.8) is 0 Å². The molecule has 3 rings (SSSR count).